The van der Waals surface area contributed by atoms with E-state index < -0.39 is 17.1 Å². The SMILES string of the molecule is C#CCn1c(C)c(-n2cc3ccc(F)c(Cl)c3n2)c(=O)n(-c2cncc(C)c2)c1=O. The second-order valence-corrected chi connectivity index (χ2v) is 7.12. The maximum Gasteiger partial charge on any atom is 0.336 e. The highest BCUT2D eigenvalue weighted by atomic mass is 35.5. The third kappa shape index (κ3) is 3.00. The zero-order valence-corrected chi connectivity index (χ0v) is 16.8. The Labute approximate surface area is 175 Å². The predicted octanol–water partition coefficient (Wildman–Crippen LogP) is 2.78. The van der Waals surface area contributed by atoms with E-state index in [1.165, 1.54) is 27.6 Å². The molecular weight excluding hydrogens is 409 g/mol. The van der Waals surface area contributed by atoms with E-state index in [-0.39, 0.29) is 22.8 Å². The smallest absolute Gasteiger partial charge is 0.284 e. The Morgan fingerprint density at radius 1 is 1.23 bits per heavy atom. The van der Waals surface area contributed by atoms with Crippen LogP contribution in [0.15, 0.2) is 46.4 Å². The van der Waals surface area contributed by atoms with E-state index in [2.05, 4.69) is 16.0 Å². The molecule has 9 heteroatoms. The number of aromatic nitrogens is 5. The van der Waals surface area contributed by atoms with Crippen LogP contribution < -0.4 is 11.2 Å². The van der Waals surface area contributed by atoms with Crippen molar-refractivity contribution in [3.63, 3.8) is 0 Å². The quantitative estimate of drug-likeness (QED) is 0.475. The molecule has 0 bridgehead atoms. The third-order valence-corrected chi connectivity index (χ3v) is 5.10. The highest BCUT2D eigenvalue weighted by Gasteiger charge is 2.21. The molecule has 30 heavy (non-hydrogen) atoms. The molecule has 0 saturated carbocycles. The first-order valence-electron chi connectivity index (χ1n) is 8.89. The van der Waals surface area contributed by atoms with Crippen LogP contribution in [0.3, 0.4) is 0 Å². The van der Waals surface area contributed by atoms with E-state index in [4.69, 9.17) is 18.0 Å². The normalized spacial score (nSPS) is 11.0. The zero-order chi connectivity index (χ0) is 21.6. The van der Waals surface area contributed by atoms with Gasteiger partial charge in [0, 0.05) is 17.8 Å². The lowest BCUT2D eigenvalue weighted by molar-refractivity contribution is 0.629. The number of pyridine rings is 1. The van der Waals surface area contributed by atoms with Gasteiger partial charge in [-0.05, 0) is 37.6 Å². The summed E-state index contributed by atoms with van der Waals surface area (Å²) in [4.78, 5) is 30.5. The van der Waals surface area contributed by atoms with E-state index in [9.17, 15) is 14.0 Å². The second-order valence-electron chi connectivity index (χ2n) is 6.74. The second kappa shape index (κ2) is 7.28. The summed E-state index contributed by atoms with van der Waals surface area (Å²) in [7, 11) is 0. The van der Waals surface area contributed by atoms with Gasteiger partial charge in [0.05, 0.1) is 24.1 Å². The first kappa shape index (κ1) is 19.6. The molecule has 0 aliphatic carbocycles. The van der Waals surface area contributed by atoms with E-state index in [1.807, 2.05) is 0 Å². The van der Waals surface area contributed by atoms with Gasteiger partial charge in [0.25, 0.3) is 5.56 Å². The topological polar surface area (TPSA) is 74.7 Å². The van der Waals surface area contributed by atoms with Gasteiger partial charge in [-0.1, -0.05) is 17.5 Å². The summed E-state index contributed by atoms with van der Waals surface area (Å²) < 4.78 is 17.4. The molecular formula is C21H15ClFN5O2. The molecule has 1 aromatic carbocycles. The van der Waals surface area contributed by atoms with Gasteiger partial charge in [0.1, 0.15) is 22.0 Å². The van der Waals surface area contributed by atoms with Crippen molar-refractivity contribution in [1.82, 2.24) is 23.9 Å². The molecule has 0 unspecified atom stereocenters. The molecule has 3 aromatic heterocycles. The van der Waals surface area contributed by atoms with Crippen molar-refractivity contribution in [3.8, 4) is 23.7 Å². The van der Waals surface area contributed by atoms with Gasteiger partial charge in [0.15, 0.2) is 0 Å². The minimum Gasteiger partial charge on any atom is -0.284 e. The first-order chi connectivity index (χ1) is 14.3. The lowest BCUT2D eigenvalue weighted by Crippen LogP contribution is -2.42. The average molecular weight is 424 g/mol. The third-order valence-electron chi connectivity index (χ3n) is 4.74. The molecule has 0 fully saturated rings. The van der Waals surface area contributed by atoms with Crippen molar-refractivity contribution in [2.75, 3.05) is 0 Å². The lowest BCUT2D eigenvalue weighted by Gasteiger charge is -2.15. The summed E-state index contributed by atoms with van der Waals surface area (Å²) in [5.74, 6) is 1.81. The number of fused-ring (bicyclic) bond motifs is 1. The Hall–Kier alpha value is -3.70. The summed E-state index contributed by atoms with van der Waals surface area (Å²) in [5.41, 5.74) is 0.501. The Morgan fingerprint density at radius 3 is 2.70 bits per heavy atom. The van der Waals surface area contributed by atoms with Crippen molar-refractivity contribution in [2.24, 2.45) is 0 Å². The highest BCUT2D eigenvalue weighted by Crippen LogP contribution is 2.26. The van der Waals surface area contributed by atoms with Crippen molar-refractivity contribution >= 4 is 22.5 Å². The van der Waals surface area contributed by atoms with E-state index in [0.29, 0.717) is 16.8 Å². The maximum absolute atomic E-state index is 13.8. The minimum atomic E-state index is -0.619. The van der Waals surface area contributed by atoms with Gasteiger partial charge >= 0.3 is 5.69 Å². The lowest BCUT2D eigenvalue weighted by atomic mass is 10.2. The number of halogens is 2. The maximum atomic E-state index is 13.8. The number of benzene rings is 1. The van der Waals surface area contributed by atoms with Crippen molar-refractivity contribution < 1.29 is 4.39 Å². The van der Waals surface area contributed by atoms with Crippen LogP contribution in [-0.4, -0.2) is 23.9 Å². The predicted molar refractivity (Wildman–Crippen MR) is 112 cm³/mol. The molecule has 4 aromatic rings. The molecule has 0 atom stereocenters. The number of rotatable bonds is 3. The fourth-order valence-electron chi connectivity index (χ4n) is 3.31. The molecule has 0 amide bonds. The van der Waals surface area contributed by atoms with Gasteiger partial charge in [-0.25, -0.2) is 18.4 Å². The molecule has 0 saturated heterocycles. The molecule has 0 aliphatic rings. The van der Waals surface area contributed by atoms with Gasteiger partial charge in [-0.3, -0.25) is 14.3 Å². The number of hydrogen-bond donors (Lipinski definition) is 0. The Balaban J connectivity index is 2.11. The van der Waals surface area contributed by atoms with Crippen molar-refractivity contribution in [3.05, 3.63) is 79.7 Å². The van der Waals surface area contributed by atoms with Crippen LogP contribution in [0, 0.1) is 32.0 Å². The fraction of sp³-hybridized carbons (Fsp3) is 0.143. The Bertz CT molecular complexity index is 1480. The number of aryl methyl sites for hydroxylation is 1. The largest absolute Gasteiger partial charge is 0.336 e. The highest BCUT2D eigenvalue weighted by molar-refractivity contribution is 6.35. The standard InChI is InChI=1S/C21H15ClFN5O2/c1-4-7-26-13(3)19(27-11-14-5-6-16(23)17(22)18(14)25-27)20(29)28(21(26)30)15-8-12(2)9-24-10-15/h1,5-6,8-11H,7H2,2-3H3. The number of hydrogen-bond acceptors (Lipinski definition) is 4. The molecule has 7 nitrogen and oxygen atoms in total. The van der Waals surface area contributed by atoms with Gasteiger partial charge in [0.2, 0.25) is 0 Å². The molecule has 0 radical (unpaired) electrons. The van der Waals surface area contributed by atoms with E-state index >= 15 is 0 Å². The Kier molecular flexibility index (Phi) is 4.76. The van der Waals surface area contributed by atoms with Crippen LogP contribution in [0.2, 0.25) is 5.02 Å². The molecule has 0 N–H and O–H groups in total. The summed E-state index contributed by atoms with van der Waals surface area (Å²) >= 11 is 6.03. The average Bonchev–Trinajstić information content (AvgIpc) is 3.13. The Morgan fingerprint density at radius 2 is 2.00 bits per heavy atom. The summed E-state index contributed by atoms with van der Waals surface area (Å²) in [6.07, 6.45) is 10.0. The van der Waals surface area contributed by atoms with Crippen LogP contribution >= 0.6 is 11.6 Å². The fourth-order valence-corrected chi connectivity index (χ4v) is 3.52. The first-order valence-corrected chi connectivity index (χ1v) is 9.27. The van der Waals surface area contributed by atoms with Crippen LogP contribution in [0.4, 0.5) is 4.39 Å². The zero-order valence-electron chi connectivity index (χ0n) is 16.1. The summed E-state index contributed by atoms with van der Waals surface area (Å²) in [6.45, 7) is 3.35. The van der Waals surface area contributed by atoms with E-state index in [0.717, 1.165) is 10.1 Å². The molecule has 3 heterocycles. The van der Waals surface area contributed by atoms with Crippen LogP contribution in [-0.2, 0) is 6.54 Å². The number of nitrogens with zero attached hydrogens (tertiary/aromatic N) is 5. The van der Waals surface area contributed by atoms with Crippen LogP contribution in [0.25, 0.3) is 22.3 Å². The summed E-state index contributed by atoms with van der Waals surface area (Å²) in [5, 5.41) is 4.69. The van der Waals surface area contributed by atoms with Gasteiger partial charge < -0.3 is 0 Å². The van der Waals surface area contributed by atoms with E-state index in [1.54, 1.807) is 32.3 Å². The molecule has 150 valence electrons. The van der Waals surface area contributed by atoms with Crippen LogP contribution in [0.5, 0.6) is 0 Å². The monoisotopic (exact) mass is 423 g/mol. The summed E-state index contributed by atoms with van der Waals surface area (Å²) in [6, 6.07) is 4.40. The number of terminal acetylenes is 1. The van der Waals surface area contributed by atoms with Gasteiger partial charge in [-0.2, -0.15) is 5.10 Å². The molecule has 0 spiro atoms. The molecule has 4 rings (SSSR count). The van der Waals surface area contributed by atoms with Crippen molar-refractivity contribution in [1.29, 1.82) is 0 Å². The van der Waals surface area contributed by atoms with Crippen LogP contribution in [0.1, 0.15) is 11.3 Å². The minimum absolute atomic E-state index is 0.0483. The molecule has 0 aliphatic heterocycles. The van der Waals surface area contributed by atoms with Gasteiger partial charge in [-0.15, -0.1) is 6.42 Å². The van der Waals surface area contributed by atoms with Crippen molar-refractivity contribution in [2.45, 2.75) is 20.4 Å².